The van der Waals surface area contributed by atoms with Gasteiger partial charge in [0.1, 0.15) is 6.42 Å². The van der Waals surface area contributed by atoms with E-state index in [4.69, 9.17) is 16.9 Å². The number of hydrogen-bond acceptors (Lipinski definition) is 3. The molecule has 5 nitrogen and oxygen atoms in total. The molecule has 1 saturated heterocycles. The standard InChI is InChI=1S/C17H18ClN3O2/c18-15-5-2-1-4-14(15)6-7-16(22)20-10-3-11-21(13-12-20)17(23)8-9-19/h1-2,4-7H,3,8,10-13H2/b7-6+. The van der Waals surface area contributed by atoms with E-state index in [9.17, 15) is 9.59 Å². The second-order valence-electron chi connectivity index (χ2n) is 5.25. The number of nitriles is 1. The van der Waals surface area contributed by atoms with Gasteiger partial charge in [0.2, 0.25) is 11.8 Å². The first-order valence-corrected chi connectivity index (χ1v) is 7.86. The van der Waals surface area contributed by atoms with Crippen LogP contribution in [0.15, 0.2) is 30.3 Å². The molecule has 0 unspecified atom stereocenters. The summed E-state index contributed by atoms with van der Waals surface area (Å²) in [6.07, 6.45) is 3.81. The summed E-state index contributed by atoms with van der Waals surface area (Å²) in [5.74, 6) is -0.270. The second kappa shape index (κ2) is 8.35. The Morgan fingerprint density at radius 2 is 1.87 bits per heavy atom. The monoisotopic (exact) mass is 331 g/mol. The van der Waals surface area contributed by atoms with E-state index in [-0.39, 0.29) is 18.2 Å². The summed E-state index contributed by atoms with van der Waals surface area (Å²) < 4.78 is 0. The lowest BCUT2D eigenvalue weighted by Gasteiger charge is -2.20. The zero-order chi connectivity index (χ0) is 16.7. The van der Waals surface area contributed by atoms with E-state index in [1.165, 1.54) is 6.08 Å². The van der Waals surface area contributed by atoms with Crippen LogP contribution in [0.1, 0.15) is 18.4 Å². The molecular weight excluding hydrogens is 314 g/mol. The number of rotatable bonds is 3. The zero-order valence-electron chi connectivity index (χ0n) is 12.7. The van der Waals surface area contributed by atoms with E-state index in [0.29, 0.717) is 37.6 Å². The van der Waals surface area contributed by atoms with Gasteiger partial charge in [-0.05, 0) is 24.1 Å². The van der Waals surface area contributed by atoms with Gasteiger partial charge >= 0.3 is 0 Å². The Balaban J connectivity index is 1.95. The fraction of sp³-hybridized carbons (Fsp3) is 0.353. The first-order valence-electron chi connectivity index (χ1n) is 7.48. The van der Waals surface area contributed by atoms with E-state index < -0.39 is 0 Å². The van der Waals surface area contributed by atoms with E-state index in [1.54, 1.807) is 21.9 Å². The number of carbonyl (C=O) groups excluding carboxylic acids is 2. The first kappa shape index (κ1) is 17.0. The molecule has 1 aliphatic rings. The summed E-state index contributed by atoms with van der Waals surface area (Å²) in [6, 6.07) is 9.18. The number of hydrogen-bond donors (Lipinski definition) is 0. The lowest BCUT2D eigenvalue weighted by molar-refractivity contribution is -0.131. The van der Waals surface area contributed by atoms with Crippen LogP contribution in [0.25, 0.3) is 6.08 Å². The second-order valence-corrected chi connectivity index (χ2v) is 5.66. The molecule has 1 aliphatic heterocycles. The van der Waals surface area contributed by atoms with Crippen LogP contribution in [0.4, 0.5) is 0 Å². The average Bonchev–Trinajstić information content (AvgIpc) is 2.80. The highest BCUT2D eigenvalue weighted by molar-refractivity contribution is 6.32. The third kappa shape index (κ3) is 4.83. The summed E-state index contributed by atoms with van der Waals surface area (Å²) in [4.78, 5) is 27.4. The number of amides is 2. The van der Waals surface area contributed by atoms with Gasteiger partial charge in [-0.3, -0.25) is 9.59 Å². The van der Waals surface area contributed by atoms with Gasteiger partial charge in [0.25, 0.3) is 0 Å². The van der Waals surface area contributed by atoms with Gasteiger partial charge in [-0.25, -0.2) is 0 Å². The van der Waals surface area contributed by atoms with Gasteiger partial charge in [0.05, 0.1) is 6.07 Å². The third-order valence-electron chi connectivity index (χ3n) is 3.70. The molecule has 1 aromatic carbocycles. The Labute approximate surface area is 140 Å². The van der Waals surface area contributed by atoms with Crippen molar-refractivity contribution in [1.82, 2.24) is 9.80 Å². The Hall–Kier alpha value is -2.32. The Kier molecular flexibility index (Phi) is 6.19. The van der Waals surface area contributed by atoms with Gasteiger partial charge in [0, 0.05) is 37.3 Å². The van der Waals surface area contributed by atoms with Crippen LogP contribution in [0.2, 0.25) is 5.02 Å². The maximum atomic E-state index is 12.3. The quantitative estimate of drug-likeness (QED) is 0.798. The maximum Gasteiger partial charge on any atom is 0.246 e. The van der Waals surface area contributed by atoms with Crippen molar-refractivity contribution in [2.45, 2.75) is 12.8 Å². The minimum atomic E-state index is -0.173. The molecule has 120 valence electrons. The number of carbonyl (C=O) groups is 2. The fourth-order valence-corrected chi connectivity index (χ4v) is 2.64. The smallest absolute Gasteiger partial charge is 0.246 e. The fourth-order valence-electron chi connectivity index (χ4n) is 2.44. The van der Waals surface area contributed by atoms with Crippen LogP contribution < -0.4 is 0 Å². The molecule has 1 heterocycles. The van der Waals surface area contributed by atoms with Crippen molar-refractivity contribution in [3.05, 3.63) is 40.9 Å². The number of nitrogens with zero attached hydrogens (tertiary/aromatic N) is 3. The Morgan fingerprint density at radius 1 is 1.17 bits per heavy atom. The van der Waals surface area contributed by atoms with Gasteiger partial charge in [-0.2, -0.15) is 5.26 Å². The molecule has 1 fully saturated rings. The minimum absolute atomic E-state index is 0.0977. The summed E-state index contributed by atoms with van der Waals surface area (Å²) in [7, 11) is 0. The van der Waals surface area contributed by atoms with E-state index in [1.807, 2.05) is 24.3 Å². The SMILES string of the molecule is N#CCC(=O)N1CCCN(C(=O)/C=C/c2ccccc2Cl)CC1. The Bertz CT molecular complexity index is 651. The lowest BCUT2D eigenvalue weighted by atomic mass is 10.2. The highest BCUT2D eigenvalue weighted by Crippen LogP contribution is 2.16. The van der Waals surface area contributed by atoms with Crippen molar-refractivity contribution in [2.24, 2.45) is 0 Å². The largest absolute Gasteiger partial charge is 0.340 e. The Morgan fingerprint density at radius 3 is 2.61 bits per heavy atom. The summed E-state index contributed by atoms with van der Waals surface area (Å²) in [6.45, 7) is 2.12. The van der Waals surface area contributed by atoms with Crippen molar-refractivity contribution in [1.29, 1.82) is 5.26 Å². The topological polar surface area (TPSA) is 64.4 Å². The van der Waals surface area contributed by atoms with Crippen LogP contribution in [0.5, 0.6) is 0 Å². The van der Waals surface area contributed by atoms with Crippen LogP contribution in [0, 0.1) is 11.3 Å². The zero-order valence-corrected chi connectivity index (χ0v) is 13.5. The van der Waals surface area contributed by atoms with Crippen LogP contribution in [0.3, 0.4) is 0 Å². The molecule has 0 atom stereocenters. The molecule has 0 aromatic heterocycles. The first-order chi connectivity index (χ1) is 11.1. The molecule has 0 aliphatic carbocycles. The van der Waals surface area contributed by atoms with Gasteiger partial charge < -0.3 is 9.80 Å². The van der Waals surface area contributed by atoms with Gasteiger partial charge in [-0.15, -0.1) is 0 Å². The summed E-state index contributed by atoms with van der Waals surface area (Å²) in [5, 5.41) is 9.19. The van der Waals surface area contributed by atoms with Gasteiger partial charge in [-0.1, -0.05) is 29.8 Å². The molecule has 6 heteroatoms. The molecule has 0 N–H and O–H groups in total. The normalized spacial score (nSPS) is 15.3. The van der Waals surface area contributed by atoms with Crippen molar-refractivity contribution < 1.29 is 9.59 Å². The van der Waals surface area contributed by atoms with Crippen molar-refractivity contribution in [3.63, 3.8) is 0 Å². The van der Waals surface area contributed by atoms with Crippen molar-refractivity contribution in [3.8, 4) is 6.07 Å². The summed E-state index contributed by atoms with van der Waals surface area (Å²) >= 11 is 6.06. The van der Waals surface area contributed by atoms with E-state index in [2.05, 4.69) is 0 Å². The van der Waals surface area contributed by atoms with Gasteiger partial charge in [0.15, 0.2) is 0 Å². The number of benzene rings is 1. The average molecular weight is 332 g/mol. The van der Waals surface area contributed by atoms with Crippen molar-refractivity contribution >= 4 is 29.5 Å². The molecule has 1 aromatic rings. The molecule has 0 bridgehead atoms. The van der Waals surface area contributed by atoms with Crippen LogP contribution in [-0.4, -0.2) is 47.8 Å². The molecule has 0 saturated carbocycles. The molecule has 2 rings (SSSR count). The molecule has 23 heavy (non-hydrogen) atoms. The van der Waals surface area contributed by atoms with Crippen molar-refractivity contribution in [2.75, 3.05) is 26.2 Å². The highest BCUT2D eigenvalue weighted by atomic mass is 35.5. The summed E-state index contributed by atoms with van der Waals surface area (Å²) in [5.41, 5.74) is 0.795. The van der Waals surface area contributed by atoms with E-state index >= 15 is 0 Å². The number of halogens is 1. The van der Waals surface area contributed by atoms with E-state index in [0.717, 1.165) is 5.56 Å². The molecular formula is C17H18ClN3O2. The molecule has 0 radical (unpaired) electrons. The molecule has 0 spiro atoms. The maximum absolute atomic E-state index is 12.3. The van der Waals surface area contributed by atoms with Crippen LogP contribution >= 0.6 is 11.6 Å². The highest BCUT2D eigenvalue weighted by Gasteiger charge is 2.20. The third-order valence-corrected chi connectivity index (χ3v) is 4.05. The predicted octanol–water partition coefficient (Wildman–Crippen LogP) is 2.33. The molecule has 2 amide bonds. The minimum Gasteiger partial charge on any atom is -0.340 e. The van der Waals surface area contributed by atoms with Crippen LogP contribution in [-0.2, 0) is 9.59 Å². The lowest BCUT2D eigenvalue weighted by Crippen LogP contribution is -2.36. The predicted molar refractivity (Wildman–Crippen MR) is 88.5 cm³/mol.